The van der Waals surface area contributed by atoms with Gasteiger partial charge >= 0.3 is 6.03 Å². The number of likely N-dealkylation sites (N-methyl/N-ethyl adjacent to an activating group) is 1. The minimum absolute atomic E-state index is 0.0662. The standard InChI is InChI=1S/C30H33ClN4O8S/c1-18-14-35(19(2)16-36)29(37)23-5-4-6-24(33-30(38)32-21-9-12-25-26(13-21)42-17-41-25)28(23)43-27(18)15-34(3)44(39,40)22-10-7-20(31)8-11-22/h4-13,18-19,27,36H,14-17H2,1-3H3,(H2,32,33,38)/t18-,19+,27-/m0/s1. The van der Waals surface area contributed by atoms with Crippen molar-refractivity contribution in [3.8, 4) is 17.2 Å². The largest absolute Gasteiger partial charge is 0.486 e. The molecule has 0 radical (unpaired) electrons. The van der Waals surface area contributed by atoms with Crippen LogP contribution >= 0.6 is 11.6 Å². The molecule has 3 atom stereocenters. The number of amides is 3. The van der Waals surface area contributed by atoms with E-state index in [2.05, 4.69) is 10.6 Å². The van der Waals surface area contributed by atoms with E-state index in [1.54, 1.807) is 43.3 Å². The number of urea groups is 1. The molecule has 2 heterocycles. The number of rotatable bonds is 8. The van der Waals surface area contributed by atoms with Gasteiger partial charge < -0.3 is 34.9 Å². The Labute approximate surface area is 260 Å². The number of nitrogens with one attached hydrogen (secondary N) is 2. The Morgan fingerprint density at radius 2 is 1.84 bits per heavy atom. The lowest BCUT2D eigenvalue weighted by Crippen LogP contribution is -2.50. The van der Waals surface area contributed by atoms with Gasteiger partial charge in [0.05, 0.1) is 35.3 Å². The number of anilines is 2. The van der Waals surface area contributed by atoms with E-state index in [-0.39, 0.29) is 54.3 Å². The molecular formula is C30H33ClN4O8S. The maximum absolute atomic E-state index is 13.7. The van der Waals surface area contributed by atoms with Crippen LogP contribution < -0.4 is 24.8 Å². The molecule has 0 bridgehead atoms. The second-order valence-corrected chi connectivity index (χ2v) is 13.2. The van der Waals surface area contributed by atoms with Crippen molar-refractivity contribution in [3.63, 3.8) is 0 Å². The molecule has 3 aromatic rings. The van der Waals surface area contributed by atoms with Gasteiger partial charge in [0, 0.05) is 36.3 Å². The van der Waals surface area contributed by atoms with Gasteiger partial charge in [-0.15, -0.1) is 0 Å². The number of hydrogen-bond acceptors (Lipinski definition) is 8. The highest BCUT2D eigenvalue weighted by molar-refractivity contribution is 7.89. The molecule has 0 aliphatic carbocycles. The Balaban J connectivity index is 1.45. The van der Waals surface area contributed by atoms with E-state index in [1.165, 1.54) is 40.5 Å². The molecule has 0 saturated carbocycles. The molecule has 0 fully saturated rings. The van der Waals surface area contributed by atoms with Gasteiger partial charge in [0.25, 0.3) is 5.91 Å². The Kier molecular flexibility index (Phi) is 9.20. The van der Waals surface area contributed by atoms with Crippen molar-refractivity contribution in [2.75, 3.05) is 44.2 Å². The summed E-state index contributed by atoms with van der Waals surface area (Å²) in [6, 6.07) is 14.4. The van der Waals surface area contributed by atoms with Crippen molar-refractivity contribution < 1.29 is 37.3 Å². The normalized spacial score (nSPS) is 18.6. The summed E-state index contributed by atoms with van der Waals surface area (Å²) in [6.07, 6.45) is -0.748. The van der Waals surface area contributed by atoms with Crippen molar-refractivity contribution in [3.05, 3.63) is 71.2 Å². The van der Waals surface area contributed by atoms with Crippen LogP contribution in [0.1, 0.15) is 24.2 Å². The van der Waals surface area contributed by atoms with Crippen LogP contribution in [0.5, 0.6) is 17.2 Å². The third-order valence-electron chi connectivity index (χ3n) is 7.53. The van der Waals surface area contributed by atoms with Crippen LogP contribution in [0.2, 0.25) is 5.02 Å². The maximum atomic E-state index is 13.7. The predicted octanol–water partition coefficient (Wildman–Crippen LogP) is 4.25. The fourth-order valence-corrected chi connectivity index (χ4v) is 6.27. The van der Waals surface area contributed by atoms with E-state index >= 15 is 0 Å². The summed E-state index contributed by atoms with van der Waals surface area (Å²) in [6.45, 7) is 3.50. The molecule has 0 unspecified atom stereocenters. The van der Waals surface area contributed by atoms with Gasteiger partial charge in [-0.05, 0) is 55.5 Å². The zero-order valence-electron chi connectivity index (χ0n) is 24.3. The van der Waals surface area contributed by atoms with Gasteiger partial charge in [0.15, 0.2) is 17.2 Å². The number of halogens is 1. The van der Waals surface area contributed by atoms with Gasteiger partial charge in [-0.25, -0.2) is 13.2 Å². The lowest BCUT2D eigenvalue weighted by Gasteiger charge is -2.38. The first-order valence-electron chi connectivity index (χ1n) is 13.9. The minimum atomic E-state index is -3.92. The predicted molar refractivity (Wildman–Crippen MR) is 164 cm³/mol. The fraction of sp³-hybridized carbons (Fsp3) is 0.333. The molecular weight excluding hydrogens is 612 g/mol. The Bertz CT molecular complexity index is 1650. The van der Waals surface area contributed by atoms with Crippen molar-refractivity contribution in [2.24, 2.45) is 5.92 Å². The average Bonchev–Trinajstić information content (AvgIpc) is 3.47. The molecule has 234 valence electrons. The number of nitrogens with zero attached hydrogens (tertiary/aromatic N) is 2. The second-order valence-electron chi connectivity index (χ2n) is 10.7. The zero-order valence-corrected chi connectivity index (χ0v) is 25.9. The molecule has 12 nitrogen and oxygen atoms in total. The molecule has 0 spiro atoms. The van der Waals surface area contributed by atoms with Crippen molar-refractivity contribution >= 4 is 44.9 Å². The summed E-state index contributed by atoms with van der Waals surface area (Å²) < 4.78 is 45.1. The summed E-state index contributed by atoms with van der Waals surface area (Å²) in [5.41, 5.74) is 0.810. The van der Waals surface area contributed by atoms with Gasteiger partial charge in [-0.1, -0.05) is 24.6 Å². The van der Waals surface area contributed by atoms with E-state index in [9.17, 15) is 23.1 Å². The van der Waals surface area contributed by atoms with E-state index in [0.717, 1.165) is 0 Å². The highest BCUT2D eigenvalue weighted by Crippen LogP contribution is 2.37. The lowest BCUT2D eigenvalue weighted by atomic mass is 9.99. The molecule has 0 saturated heterocycles. The van der Waals surface area contributed by atoms with E-state index in [4.69, 9.17) is 25.8 Å². The number of sulfonamides is 1. The van der Waals surface area contributed by atoms with Crippen LogP contribution in [0.25, 0.3) is 0 Å². The number of aliphatic hydroxyl groups excluding tert-OH is 1. The molecule has 5 rings (SSSR count). The maximum Gasteiger partial charge on any atom is 0.323 e. The first kappa shape index (κ1) is 31.4. The van der Waals surface area contributed by atoms with E-state index in [1.807, 2.05) is 6.92 Å². The van der Waals surface area contributed by atoms with Crippen LogP contribution in [-0.2, 0) is 10.0 Å². The summed E-state index contributed by atoms with van der Waals surface area (Å²) >= 11 is 5.96. The summed E-state index contributed by atoms with van der Waals surface area (Å²) in [5.74, 6) is 0.377. The van der Waals surface area contributed by atoms with Gasteiger partial charge in [0.2, 0.25) is 16.8 Å². The molecule has 2 aliphatic heterocycles. The number of benzene rings is 3. The SMILES string of the molecule is C[C@H](CO)N1C[C@H](C)[C@H](CN(C)S(=O)(=O)c2ccc(Cl)cc2)Oc2c(NC(=O)Nc3ccc4c(c3)OCO4)cccc2C1=O. The summed E-state index contributed by atoms with van der Waals surface area (Å²) in [7, 11) is -2.47. The number of para-hydroxylation sites is 1. The third kappa shape index (κ3) is 6.55. The Hall–Kier alpha value is -4.04. The summed E-state index contributed by atoms with van der Waals surface area (Å²) in [4.78, 5) is 28.4. The van der Waals surface area contributed by atoms with Crippen molar-refractivity contribution in [1.82, 2.24) is 9.21 Å². The van der Waals surface area contributed by atoms with Gasteiger partial charge in [0.1, 0.15) is 6.10 Å². The zero-order chi connectivity index (χ0) is 31.6. The van der Waals surface area contributed by atoms with Crippen molar-refractivity contribution in [2.45, 2.75) is 30.9 Å². The molecule has 44 heavy (non-hydrogen) atoms. The topological polar surface area (TPSA) is 147 Å². The minimum Gasteiger partial charge on any atom is -0.486 e. The average molecular weight is 645 g/mol. The van der Waals surface area contributed by atoms with Crippen LogP contribution in [-0.4, -0.2) is 80.4 Å². The summed E-state index contributed by atoms with van der Waals surface area (Å²) in [5, 5.41) is 15.8. The van der Waals surface area contributed by atoms with Crippen LogP contribution in [0.3, 0.4) is 0 Å². The second kappa shape index (κ2) is 12.9. The smallest absolute Gasteiger partial charge is 0.323 e. The highest BCUT2D eigenvalue weighted by atomic mass is 35.5. The molecule has 3 N–H and O–H groups in total. The number of hydrogen-bond donors (Lipinski definition) is 3. The Morgan fingerprint density at radius 3 is 2.57 bits per heavy atom. The molecule has 3 amide bonds. The van der Waals surface area contributed by atoms with Crippen LogP contribution in [0, 0.1) is 5.92 Å². The quantitative estimate of drug-likeness (QED) is 0.330. The fourth-order valence-electron chi connectivity index (χ4n) is 4.96. The van der Waals surface area contributed by atoms with E-state index in [0.29, 0.717) is 22.2 Å². The molecule has 0 aromatic heterocycles. The molecule has 2 aliphatic rings. The number of carbonyl (C=O) groups excluding carboxylic acids is 2. The Morgan fingerprint density at radius 1 is 1.11 bits per heavy atom. The highest BCUT2D eigenvalue weighted by Gasteiger charge is 2.36. The first-order chi connectivity index (χ1) is 21.0. The monoisotopic (exact) mass is 644 g/mol. The number of fused-ring (bicyclic) bond motifs is 2. The van der Waals surface area contributed by atoms with Crippen molar-refractivity contribution in [1.29, 1.82) is 0 Å². The van der Waals surface area contributed by atoms with Crippen LogP contribution in [0.4, 0.5) is 16.2 Å². The molecule has 3 aromatic carbocycles. The van der Waals surface area contributed by atoms with E-state index < -0.39 is 34.1 Å². The third-order valence-corrected chi connectivity index (χ3v) is 9.62. The molecule has 14 heteroatoms. The van der Waals surface area contributed by atoms with Gasteiger partial charge in [-0.3, -0.25) is 4.79 Å². The number of carbonyl (C=O) groups is 2. The number of ether oxygens (including phenoxy) is 3. The van der Waals surface area contributed by atoms with Gasteiger partial charge in [-0.2, -0.15) is 4.31 Å². The first-order valence-corrected chi connectivity index (χ1v) is 15.7. The lowest BCUT2D eigenvalue weighted by molar-refractivity contribution is 0.0389. The number of aliphatic hydroxyl groups is 1. The van der Waals surface area contributed by atoms with Crippen LogP contribution in [0.15, 0.2) is 65.6 Å².